The van der Waals surface area contributed by atoms with Gasteiger partial charge in [0.1, 0.15) is 0 Å². The Balaban J connectivity index is 0.00000450. The third-order valence-corrected chi connectivity index (χ3v) is 7.25. The molecule has 178 valence electrons. The standard InChI is InChI=1S/C17H33F3N6O2S.HI/c1-3-24-10-12-25(13-11-24)9-6-22-16(21-2)23-14-15-4-7-26(8-5-15)29(27,28)17(18,19)20;/h15H,3-14H2,1-2H3,(H2,21,22,23);1H. The Morgan fingerprint density at radius 2 is 1.60 bits per heavy atom. The quantitative estimate of drug-likeness (QED) is 0.270. The molecule has 0 aromatic heterocycles. The first kappa shape index (κ1) is 27.7. The van der Waals surface area contributed by atoms with Gasteiger partial charge in [0.25, 0.3) is 0 Å². The highest BCUT2D eigenvalue weighted by Gasteiger charge is 2.50. The molecule has 0 spiro atoms. The lowest BCUT2D eigenvalue weighted by Gasteiger charge is -2.34. The van der Waals surface area contributed by atoms with Gasteiger partial charge in [0.05, 0.1) is 0 Å². The van der Waals surface area contributed by atoms with Crippen LogP contribution in [0.3, 0.4) is 0 Å². The highest BCUT2D eigenvalue weighted by molar-refractivity contribution is 14.0. The highest BCUT2D eigenvalue weighted by Crippen LogP contribution is 2.30. The second-order valence-electron chi connectivity index (χ2n) is 7.45. The average molecular weight is 570 g/mol. The van der Waals surface area contributed by atoms with Crippen LogP contribution in [0.25, 0.3) is 0 Å². The number of piperazine rings is 1. The Labute approximate surface area is 194 Å². The van der Waals surface area contributed by atoms with E-state index in [2.05, 4.69) is 32.3 Å². The number of halogens is 4. The zero-order valence-corrected chi connectivity index (χ0v) is 20.8. The van der Waals surface area contributed by atoms with Crippen LogP contribution in [0.4, 0.5) is 13.2 Å². The van der Waals surface area contributed by atoms with Crippen molar-refractivity contribution in [3.05, 3.63) is 0 Å². The molecule has 0 saturated carbocycles. The number of hydrogen-bond donors (Lipinski definition) is 2. The number of likely N-dealkylation sites (N-methyl/N-ethyl adjacent to an activating group) is 1. The molecule has 0 aromatic carbocycles. The fourth-order valence-electron chi connectivity index (χ4n) is 3.62. The van der Waals surface area contributed by atoms with Crippen molar-refractivity contribution in [2.45, 2.75) is 25.3 Å². The van der Waals surface area contributed by atoms with E-state index in [9.17, 15) is 21.6 Å². The lowest BCUT2D eigenvalue weighted by atomic mass is 9.98. The van der Waals surface area contributed by atoms with E-state index in [0.29, 0.717) is 29.7 Å². The minimum Gasteiger partial charge on any atom is -0.356 e. The molecule has 2 fully saturated rings. The summed E-state index contributed by atoms with van der Waals surface area (Å²) in [5.74, 6) is 0.762. The van der Waals surface area contributed by atoms with Gasteiger partial charge in [-0.1, -0.05) is 6.92 Å². The number of rotatable bonds is 7. The normalized spacial score (nSPS) is 21.3. The average Bonchev–Trinajstić information content (AvgIpc) is 2.70. The van der Waals surface area contributed by atoms with E-state index >= 15 is 0 Å². The lowest BCUT2D eigenvalue weighted by Crippen LogP contribution is -2.50. The first-order valence-corrected chi connectivity index (χ1v) is 11.6. The van der Waals surface area contributed by atoms with Gasteiger partial charge in [-0.25, -0.2) is 8.42 Å². The number of nitrogens with zero attached hydrogens (tertiary/aromatic N) is 4. The SMILES string of the molecule is CCN1CCN(CCNC(=NC)NCC2CCN(S(=O)(=O)C(F)(F)F)CC2)CC1.I. The van der Waals surface area contributed by atoms with Crippen LogP contribution >= 0.6 is 24.0 Å². The van der Waals surface area contributed by atoms with Crippen molar-refractivity contribution < 1.29 is 21.6 Å². The van der Waals surface area contributed by atoms with Crippen molar-refractivity contribution in [1.29, 1.82) is 0 Å². The smallest absolute Gasteiger partial charge is 0.356 e. The number of nitrogens with one attached hydrogen (secondary N) is 2. The molecule has 0 aliphatic carbocycles. The second kappa shape index (κ2) is 12.6. The van der Waals surface area contributed by atoms with E-state index < -0.39 is 15.5 Å². The largest absolute Gasteiger partial charge is 0.511 e. The molecule has 2 saturated heterocycles. The van der Waals surface area contributed by atoms with Crippen LogP contribution in [0.15, 0.2) is 4.99 Å². The van der Waals surface area contributed by atoms with Crippen LogP contribution in [0.5, 0.6) is 0 Å². The Kier molecular flexibility index (Phi) is 11.6. The molecule has 30 heavy (non-hydrogen) atoms. The van der Waals surface area contributed by atoms with Crippen molar-refractivity contribution in [2.75, 3.05) is 72.5 Å². The van der Waals surface area contributed by atoms with E-state index in [1.807, 2.05) is 0 Å². The molecule has 2 aliphatic heterocycles. The molecule has 8 nitrogen and oxygen atoms in total. The molecule has 2 N–H and O–H groups in total. The highest BCUT2D eigenvalue weighted by atomic mass is 127. The van der Waals surface area contributed by atoms with Gasteiger partial charge in [-0.3, -0.25) is 9.89 Å². The molecule has 0 aromatic rings. The van der Waals surface area contributed by atoms with Gasteiger partial charge in [0.2, 0.25) is 0 Å². The molecule has 2 aliphatic rings. The molecule has 13 heteroatoms. The van der Waals surface area contributed by atoms with Crippen molar-refractivity contribution in [3.8, 4) is 0 Å². The summed E-state index contributed by atoms with van der Waals surface area (Å²) in [5, 5.41) is 6.46. The number of piperidine rings is 1. The van der Waals surface area contributed by atoms with E-state index in [4.69, 9.17) is 0 Å². The van der Waals surface area contributed by atoms with Crippen molar-refractivity contribution >= 4 is 40.0 Å². The van der Waals surface area contributed by atoms with E-state index in [1.54, 1.807) is 7.05 Å². The fraction of sp³-hybridized carbons (Fsp3) is 0.941. The van der Waals surface area contributed by atoms with Crippen molar-refractivity contribution in [2.24, 2.45) is 10.9 Å². The molecule has 0 amide bonds. The van der Waals surface area contributed by atoms with Crippen LogP contribution in [0.1, 0.15) is 19.8 Å². The van der Waals surface area contributed by atoms with Crippen LogP contribution in [-0.4, -0.2) is 106 Å². The summed E-state index contributed by atoms with van der Waals surface area (Å²) in [6.07, 6.45) is 0.780. The predicted molar refractivity (Wildman–Crippen MR) is 123 cm³/mol. The molecule has 0 radical (unpaired) electrons. The maximum Gasteiger partial charge on any atom is 0.511 e. The number of hydrogen-bond acceptors (Lipinski definition) is 5. The van der Waals surface area contributed by atoms with Gasteiger partial charge < -0.3 is 15.5 Å². The lowest BCUT2D eigenvalue weighted by molar-refractivity contribution is -0.0496. The molecular formula is C17H34F3IN6O2S. The summed E-state index contributed by atoms with van der Waals surface area (Å²) in [7, 11) is -3.54. The second-order valence-corrected chi connectivity index (χ2v) is 9.38. The number of alkyl halides is 3. The molecule has 0 bridgehead atoms. The molecule has 2 heterocycles. The maximum atomic E-state index is 12.6. The zero-order chi connectivity index (χ0) is 21.5. The number of guanidine groups is 1. The van der Waals surface area contributed by atoms with E-state index in [0.717, 1.165) is 45.8 Å². The fourth-order valence-corrected chi connectivity index (χ4v) is 4.61. The summed E-state index contributed by atoms with van der Waals surface area (Å²) < 4.78 is 61.4. The molecule has 0 unspecified atom stereocenters. The first-order valence-electron chi connectivity index (χ1n) is 10.1. The number of sulfonamides is 1. The zero-order valence-electron chi connectivity index (χ0n) is 17.6. The van der Waals surface area contributed by atoms with Gasteiger partial charge in [-0.15, -0.1) is 24.0 Å². The summed E-state index contributed by atoms with van der Waals surface area (Å²) in [4.78, 5) is 9.01. The topological polar surface area (TPSA) is 80.3 Å². The van der Waals surface area contributed by atoms with Gasteiger partial charge in [-0.2, -0.15) is 17.5 Å². The summed E-state index contributed by atoms with van der Waals surface area (Å²) in [5.41, 5.74) is -5.23. The molecule has 2 rings (SSSR count). The van der Waals surface area contributed by atoms with Crippen LogP contribution in [0.2, 0.25) is 0 Å². The van der Waals surface area contributed by atoms with Crippen LogP contribution < -0.4 is 10.6 Å². The van der Waals surface area contributed by atoms with Crippen LogP contribution in [-0.2, 0) is 10.0 Å². The van der Waals surface area contributed by atoms with Gasteiger partial charge >= 0.3 is 15.5 Å². The third-order valence-electron chi connectivity index (χ3n) is 5.62. The minimum absolute atomic E-state index is 0. The molecular weight excluding hydrogens is 536 g/mol. The summed E-state index contributed by atoms with van der Waals surface area (Å²) in [6.45, 7) is 9.57. The van der Waals surface area contributed by atoms with E-state index in [1.165, 1.54) is 0 Å². The van der Waals surface area contributed by atoms with Crippen molar-refractivity contribution in [3.63, 3.8) is 0 Å². The Hall–Kier alpha value is -0.380. The minimum atomic E-state index is -5.23. The summed E-state index contributed by atoms with van der Waals surface area (Å²) in [6, 6.07) is 0. The monoisotopic (exact) mass is 570 g/mol. The Morgan fingerprint density at radius 3 is 2.10 bits per heavy atom. The van der Waals surface area contributed by atoms with E-state index in [-0.39, 0.29) is 43.0 Å². The Morgan fingerprint density at radius 1 is 1.03 bits per heavy atom. The van der Waals surface area contributed by atoms with Crippen molar-refractivity contribution in [1.82, 2.24) is 24.7 Å². The molecule has 0 atom stereocenters. The van der Waals surface area contributed by atoms with Crippen LogP contribution in [0, 0.1) is 5.92 Å². The predicted octanol–water partition coefficient (Wildman–Crippen LogP) is 0.969. The summed E-state index contributed by atoms with van der Waals surface area (Å²) >= 11 is 0. The third kappa shape index (κ3) is 7.95. The van der Waals surface area contributed by atoms with Gasteiger partial charge in [0, 0.05) is 66.0 Å². The Bertz CT molecular complexity index is 634. The van der Waals surface area contributed by atoms with Gasteiger partial charge in [0.15, 0.2) is 5.96 Å². The first-order chi connectivity index (χ1) is 13.7. The maximum absolute atomic E-state index is 12.6. The number of aliphatic imine (C=N–C) groups is 1. The van der Waals surface area contributed by atoms with Gasteiger partial charge in [-0.05, 0) is 25.3 Å².